The van der Waals surface area contributed by atoms with Gasteiger partial charge in [0.05, 0.1) is 21.6 Å². The van der Waals surface area contributed by atoms with Gasteiger partial charge >= 0.3 is 0 Å². The van der Waals surface area contributed by atoms with Crippen LogP contribution in [0.1, 0.15) is 25.0 Å². The molecule has 4 rings (SSSR count). The first-order valence-corrected chi connectivity index (χ1v) is 12.0. The topological polar surface area (TPSA) is 98.8 Å². The molecule has 6 nitrogen and oxygen atoms in total. The van der Waals surface area contributed by atoms with Gasteiger partial charge in [-0.1, -0.05) is 19.9 Å². The predicted octanol–water partition coefficient (Wildman–Crippen LogP) is 4.47. The first kappa shape index (κ1) is 20.9. The molecule has 0 unspecified atom stereocenters. The number of pyridine rings is 1. The van der Waals surface area contributed by atoms with Crippen molar-refractivity contribution in [1.29, 1.82) is 0 Å². The molecule has 2 heterocycles. The van der Waals surface area contributed by atoms with Crippen LogP contribution in [0.3, 0.4) is 0 Å². The highest BCUT2D eigenvalue weighted by Crippen LogP contribution is 2.35. The molecule has 0 bridgehead atoms. The van der Waals surface area contributed by atoms with E-state index in [2.05, 4.69) is 37.0 Å². The number of fused-ring (bicyclic) bond motifs is 1. The quantitative estimate of drug-likeness (QED) is 0.467. The lowest BCUT2D eigenvalue weighted by molar-refractivity contribution is 0.602. The Hall–Kier alpha value is -3.32. The number of benzene rings is 2. The third kappa shape index (κ3) is 4.14. The van der Waals surface area contributed by atoms with Crippen LogP contribution in [0.2, 0.25) is 0 Å². The van der Waals surface area contributed by atoms with E-state index in [0.29, 0.717) is 33.7 Å². The number of hydrogen-bond donors (Lipinski definition) is 1. The third-order valence-electron chi connectivity index (χ3n) is 5.27. The minimum atomic E-state index is -3.49. The van der Waals surface area contributed by atoms with Crippen LogP contribution in [-0.4, -0.2) is 29.6 Å². The smallest absolute Gasteiger partial charge is 0.176 e. The van der Waals surface area contributed by atoms with Crippen LogP contribution in [0, 0.1) is 0 Å². The summed E-state index contributed by atoms with van der Waals surface area (Å²) in [7, 11) is -3.49. The second kappa shape index (κ2) is 8.07. The van der Waals surface area contributed by atoms with E-state index in [0.717, 1.165) is 18.4 Å². The average Bonchev–Trinajstić information content (AvgIpc) is 2.77. The van der Waals surface area contributed by atoms with E-state index < -0.39 is 9.84 Å². The molecular formula is C24H24N4O2S. The van der Waals surface area contributed by atoms with Crippen molar-refractivity contribution in [2.24, 2.45) is 0 Å². The van der Waals surface area contributed by atoms with Crippen molar-refractivity contribution in [3.05, 3.63) is 66.0 Å². The SMILES string of the molecule is CCc1cc(CC)cc(-c2nc3cc(N)ccc3nc2-c2cnccc2S(C)(=O)=O)c1. The van der Waals surface area contributed by atoms with Crippen molar-refractivity contribution in [3.8, 4) is 22.5 Å². The predicted molar refractivity (Wildman–Crippen MR) is 124 cm³/mol. The molecule has 0 radical (unpaired) electrons. The van der Waals surface area contributed by atoms with Gasteiger partial charge in [0.2, 0.25) is 0 Å². The summed E-state index contributed by atoms with van der Waals surface area (Å²) in [4.78, 5) is 14.1. The van der Waals surface area contributed by atoms with Crippen LogP contribution >= 0.6 is 0 Å². The molecule has 0 amide bonds. The van der Waals surface area contributed by atoms with Gasteiger partial charge in [0.25, 0.3) is 0 Å². The van der Waals surface area contributed by atoms with Gasteiger partial charge in [0.1, 0.15) is 5.69 Å². The fourth-order valence-electron chi connectivity index (χ4n) is 3.65. The highest BCUT2D eigenvalue weighted by atomic mass is 32.2. The zero-order valence-corrected chi connectivity index (χ0v) is 18.6. The number of rotatable bonds is 5. The molecule has 31 heavy (non-hydrogen) atoms. The summed E-state index contributed by atoms with van der Waals surface area (Å²) < 4.78 is 25.0. The molecule has 0 aliphatic carbocycles. The van der Waals surface area contributed by atoms with Crippen LogP contribution in [0.4, 0.5) is 5.69 Å². The fraction of sp³-hybridized carbons (Fsp3) is 0.208. The Morgan fingerprint density at radius 3 is 2.19 bits per heavy atom. The monoisotopic (exact) mass is 432 g/mol. The van der Waals surface area contributed by atoms with Crippen LogP contribution in [-0.2, 0) is 22.7 Å². The molecular weight excluding hydrogens is 408 g/mol. The first-order chi connectivity index (χ1) is 14.8. The number of hydrogen-bond acceptors (Lipinski definition) is 6. The van der Waals surface area contributed by atoms with E-state index in [-0.39, 0.29) is 4.90 Å². The van der Waals surface area contributed by atoms with E-state index >= 15 is 0 Å². The van der Waals surface area contributed by atoms with Crippen LogP contribution in [0.15, 0.2) is 59.8 Å². The van der Waals surface area contributed by atoms with Gasteiger partial charge in [-0.25, -0.2) is 18.4 Å². The Morgan fingerprint density at radius 2 is 1.55 bits per heavy atom. The Morgan fingerprint density at radius 1 is 0.871 bits per heavy atom. The van der Waals surface area contributed by atoms with Crippen molar-refractivity contribution in [3.63, 3.8) is 0 Å². The Balaban J connectivity index is 2.11. The van der Waals surface area contributed by atoms with Crippen molar-refractivity contribution in [2.75, 3.05) is 12.0 Å². The van der Waals surface area contributed by atoms with Gasteiger partial charge in [-0.3, -0.25) is 4.98 Å². The maximum absolute atomic E-state index is 12.5. The van der Waals surface area contributed by atoms with Crippen molar-refractivity contribution >= 4 is 26.6 Å². The number of nitrogens with two attached hydrogens (primary N) is 1. The number of aryl methyl sites for hydroxylation is 2. The van der Waals surface area contributed by atoms with Crippen molar-refractivity contribution in [2.45, 2.75) is 31.6 Å². The largest absolute Gasteiger partial charge is 0.399 e. The summed E-state index contributed by atoms with van der Waals surface area (Å²) in [5.41, 5.74) is 12.7. The highest BCUT2D eigenvalue weighted by Gasteiger charge is 2.21. The normalized spacial score (nSPS) is 11.7. The minimum absolute atomic E-state index is 0.176. The van der Waals surface area contributed by atoms with E-state index in [1.165, 1.54) is 35.8 Å². The maximum atomic E-state index is 12.5. The molecule has 0 saturated heterocycles. The fourth-order valence-corrected chi connectivity index (χ4v) is 4.51. The Labute approximate surface area is 182 Å². The molecule has 4 aromatic rings. The molecule has 0 saturated carbocycles. The summed E-state index contributed by atoms with van der Waals surface area (Å²) in [6.07, 6.45) is 5.96. The van der Waals surface area contributed by atoms with E-state index in [1.807, 2.05) is 0 Å². The lowest BCUT2D eigenvalue weighted by Gasteiger charge is -2.14. The lowest BCUT2D eigenvalue weighted by atomic mass is 9.98. The van der Waals surface area contributed by atoms with Gasteiger partial charge < -0.3 is 5.73 Å². The van der Waals surface area contributed by atoms with Gasteiger partial charge in [0, 0.05) is 35.5 Å². The summed E-state index contributed by atoms with van der Waals surface area (Å²) in [5.74, 6) is 0. The molecule has 0 aliphatic rings. The number of anilines is 1. The number of sulfone groups is 1. The molecule has 7 heteroatoms. The van der Waals surface area contributed by atoms with E-state index in [1.54, 1.807) is 18.2 Å². The standard InChI is InChI=1S/C24H24N4O2S/c1-4-15-10-16(5-2)12-17(11-15)23-24(19-14-26-9-8-22(19)31(3,29)30)27-20-7-6-18(25)13-21(20)28-23/h6-14H,4-5,25H2,1-3H3. The summed E-state index contributed by atoms with van der Waals surface area (Å²) in [6.45, 7) is 4.21. The Kier molecular flexibility index (Phi) is 5.45. The van der Waals surface area contributed by atoms with Crippen molar-refractivity contribution in [1.82, 2.24) is 15.0 Å². The van der Waals surface area contributed by atoms with Gasteiger partial charge in [-0.05, 0) is 60.4 Å². The molecule has 0 spiro atoms. The lowest BCUT2D eigenvalue weighted by Crippen LogP contribution is -2.04. The molecule has 0 fully saturated rings. The highest BCUT2D eigenvalue weighted by molar-refractivity contribution is 7.90. The van der Waals surface area contributed by atoms with E-state index in [4.69, 9.17) is 15.7 Å². The maximum Gasteiger partial charge on any atom is 0.176 e. The number of nitrogen functional groups attached to an aromatic ring is 1. The molecule has 158 valence electrons. The van der Waals surface area contributed by atoms with Crippen molar-refractivity contribution < 1.29 is 8.42 Å². The molecule has 2 aromatic heterocycles. The number of aromatic nitrogens is 3. The number of nitrogens with zero attached hydrogens (tertiary/aromatic N) is 3. The van der Waals surface area contributed by atoms with Gasteiger partial charge in [-0.15, -0.1) is 0 Å². The van der Waals surface area contributed by atoms with Crippen LogP contribution in [0.5, 0.6) is 0 Å². The summed E-state index contributed by atoms with van der Waals surface area (Å²) in [5, 5.41) is 0. The second-order valence-corrected chi connectivity index (χ2v) is 9.54. The van der Waals surface area contributed by atoms with Gasteiger partial charge in [0.15, 0.2) is 9.84 Å². The van der Waals surface area contributed by atoms with Gasteiger partial charge in [-0.2, -0.15) is 0 Å². The average molecular weight is 433 g/mol. The second-order valence-electron chi connectivity index (χ2n) is 7.56. The zero-order chi connectivity index (χ0) is 22.2. The Bertz CT molecular complexity index is 1380. The molecule has 0 atom stereocenters. The molecule has 0 aliphatic heterocycles. The summed E-state index contributed by atoms with van der Waals surface area (Å²) >= 11 is 0. The van der Waals surface area contributed by atoms with Crippen LogP contribution in [0.25, 0.3) is 33.5 Å². The van der Waals surface area contributed by atoms with E-state index in [9.17, 15) is 8.42 Å². The minimum Gasteiger partial charge on any atom is -0.399 e. The first-order valence-electron chi connectivity index (χ1n) is 10.1. The third-order valence-corrected chi connectivity index (χ3v) is 6.42. The summed E-state index contributed by atoms with van der Waals surface area (Å²) in [6, 6.07) is 13.2. The molecule has 2 aromatic carbocycles. The zero-order valence-electron chi connectivity index (χ0n) is 17.8. The van der Waals surface area contributed by atoms with Crippen LogP contribution < -0.4 is 5.73 Å². The molecule has 2 N–H and O–H groups in total.